The second-order valence-electron chi connectivity index (χ2n) is 4.29. The number of hydrogen-bond acceptors (Lipinski definition) is 1. The number of rotatable bonds is 5. The van der Waals surface area contributed by atoms with Crippen molar-refractivity contribution in [2.75, 3.05) is 6.61 Å². The van der Waals surface area contributed by atoms with E-state index < -0.39 is 20.9 Å². The summed E-state index contributed by atoms with van der Waals surface area (Å²) in [5.41, 5.74) is 0. The van der Waals surface area contributed by atoms with Crippen LogP contribution in [0, 0.1) is 0 Å². The predicted molar refractivity (Wildman–Crippen MR) is 56.6 cm³/mol. The standard InChI is InChI=1S/C10H19F3OSi/c1-2-6-15(7-4-3-5-14-15)8-9(11)10(12)13/h9-10H,2-8H2,1H3. The molecule has 1 rings (SSSR count). The first-order valence-electron chi connectivity index (χ1n) is 5.66. The van der Waals surface area contributed by atoms with Crippen molar-refractivity contribution in [2.24, 2.45) is 0 Å². The van der Waals surface area contributed by atoms with Crippen LogP contribution in [-0.4, -0.2) is 27.5 Å². The highest BCUT2D eigenvalue weighted by atomic mass is 28.4. The molecule has 1 aliphatic rings. The summed E-state index contributed by atoms with van der Waals surface area (Å²) < 4.78 is 43.1. The van der Waals surface area contributed by atoms with Gasteiger partial charge in [-0.2, -0.15) is 0 Å². The van der Waals surface area contributed by atoms with E-state index in [0.29, 0.717) is 6.61 Å². The van der Waals surface area contributed by atoms with E-state index in [0.717, 1.165) is 31.4 Å². The second-order valence-corrected chi connectivity index (χ2v) is 8.36. The van der Waals surface area contributed by atoms with Crippen molar-refractivity contribution < 1.29 is 17.6 Å². The molecule has 5 heteroatoms. The Morgan fingerprint density at radius 2 is 2.00 bits per heavy atom. The average molecular weight is 240 g/mol. The fraction of sp³-hybridized carbons (Fsp3) is 1.00. The molecular weight excluding hydrogens is 221 g/mol. The van der Waals surface area contributed by atoms with Gasteiger partial charge in [-0.05, 0) is 18.5 Å². The maximum absolute atomic E-state index is 13.1. The van der Waals surface area contributed by atoms with Crippen molar-refractivity contribution in [1.29, 1.82) is 0 Å². The Balaban J connectivity index is 2.55. The predicted octanol–water partition coefficient (Wildman–Crippen LogP) is 3.76. The average Bonchev–Trinajstić information content (AvgIpc) is 2.19. The lowest BCUT2D eigenvalue weighted by molar-refractivity contribution is 0.0561. The zero-order valence-corrected chi connectivity index (χ0v) is 10.1. The quantitative estimate of drug-likeness (QED) is 0.665. The van der Waals surface area contributed by atoms with Crippen LogP contribution in [0.4, 0.5) is 13.2 Å². The minimum Gasteiger partial charge on any atom is -0.417 e. The van der Waals surface area contributed by atoms with Crippen LogP contribution in [0.25, 0.3) is 0 Å². The van der Waals surface area contributed by atoms with Crippen LogP contribution in [0.5, 0.6) is 0 Å². The number of hydrogen-bond donors (Lipinski definition) is 0. The summed E-state index contributed by atoms with van der Waals surface area (Å²) in [5.74, 6) is 0. The largest absolute Gasteiger partial charge is 0.417 e. The van der Waals surface area contributed by atoms with Gasteiger partial charge in [0.25, 0.3) is 6.43 Å². The molecule has 0 amide bonds. The monoisotopic (exact) mass is 240 g/mol. The maximum atomic E-state index is 13.1. The van der Waals surface area contributed by atoms with Crippen LogP contribution in [0.1, 0.15) is 26.2 Å². The first-order valence-corrected chi connectivity index (χ1v) is 8.19. The first-order chi connectivity index (χ1) is 7.09. The molecule has 0 N–H and O–H groups in total. The Morgan fingerprint density at radius 3 is 2.47 bits per heavy atom. The van der Waals surface area contributed by atoms with E-state index in [-0.39, 0.29) is 6.04 Å². The molecule has 2 atom stereocenters. The summed E-state index contributed by atoms with van der Waals surface area (Å²) >= 11 is 0. The van der Waals surface area contributed by atoms with Crippen molar-refractivity contribution in [3.05, 3.63) is 0 Å². The highest BCUT2D eigenvalue weighted by Crippen LogP contribution is 2.33. The summed E-state index contributed by atoms with van der Waals surface area (Å²) in [7, 11) is -2.16. The van der Waals surface area contributed by atoms with Gasteiger partial charge in [0.05, 0.1) is 0 Å². The van der Waals surface area contributed by atoms with Gasteiger partial charge in [0.2, 0.25) is 0 Å². The van der Waals surface area contributed by atoms with E-state index in [1.165, 1.54) is 0 Å². The molecule has 2 unspecified atom stereocenters. The third-order valence-corrected chi connectivity index (χ3v) is 7.61. The number of alkyl halides is 3. The van der Waals surface area contributed by atoms with Crippen molar-refractivity contribution >= 4 is 8.32 Å². The highest BCUT2D eigenvalue weighted by Gasteiger charge is 2.40. The molecule has 1 saturated heterocycles. The number of halogens is 3. The summed E-state index contributed by atoms with van der Waals surface area (Å²) in [5, 5.41) is 0. The third kappa shape index (κ3) is 3.79. The zero-order chi connectivity index (χ0) is 11.3. The lowest BCUT2D eigenvalue weighted by Crippen LogP contribution is -2.44. The van der Waals surface area contributed by atoms with Gasteiger partial charge in [-0.25, -0.2) is 13.2 Å². The Bertz CT molecular complexity index is 178. The van der Waals surface area contributed by atoms with Crippen LogP contribution in [-0.2, 0) is 4.43 Å². The summed E-state index contributed by atoms with van der Waals surface area (Å²) in [6, 6.07) is 1.66. The molecule has 0 aromatic carbocycles. The van der Waals surface area contributed by atoms with E-state index in [1.807, 2.05) is 6.92 Å². The maximum Gasteiger partial charge on any atom is 0.269 e. The molecule has 15 heavy (non-hydrogen) atoms. The third-order valence-electron chi connectivity index (χ3n) is 2.98. The molecule has 1 aliphatic heterocycles. The second kappa shape index (κ2) is 5.89. The molecule has 1 nitrogen and oxygen atoms in total. The lowest BCUT2D eigenvalue weighted by Gasteiger charge is -2.35. The van der Waals surface area contributed by atoms with Gasteiger partial charge in [-0.1, -0.05) is 19.8 Å². The minimum atomic E-state index is -2.85. The normalized spacial score (nSPS) is 29.4. The first kappa shape index (κ1) is 13.0. The van der Waals surface area contributed by atoms with Crippen LogP contribution in [0.15, 0.2) is 0 Å². The smallest absolute Gasteiger partial charge is 0.269 e. The van der Waals surface area contributed by atoms with Gasteiger partial charge in [-0.15, -0.1) is 0 Å². The molecule has 0 bridgehead atoms. The lowest BCUT2D eigenvalue weighted by atomic mass is 10.4. The van der Waals surface area contributed by atoms with Crippen molar-refractivity contribution in [3.63, 3.8) is 0 Å². The molecule has 90 valence electrons. The van der Waals surface area contributed by atoms with Crippen molar-refractivity contribution in [3.8, 4) is 0 Å². The topological polar surface area (TPSA) is 9.23 Å². The van der Waals surface area contributed by atoms with Gasteiger partial charge in [0.15, 0.2) is 14.5 Å². The van der Waals surface area contributed by atoms with Gasteiger partial charge in [0, 0.05) is 12.7 Å². The van der Waals surface area contributed by atoms with Crippen molar-refractivity contribution in [1.82, 2.24) is 0 Å². The van der Waals surface area contributed by atoms with Gasteiger partial charge in [-0.3, -0.25) is 0 Å². The summed E-state index contributed by atoms with van der Waals surface area (Å²) in [4.78, 5) is 0. The molecule has 0 aromatic heterocycles. The van der Waals surface area contributed by atoms with Gasteiger partial charge >= 0.3 is 0 Å². The molecule has 0 aromatic rings. The molecule has 0 aliphatic carbocycles. The molecule has 1 fully saturated rings. The van der Waals surface area contributed by atoms with Gasteiger partial charge in [0.1, 0.15) is 0 Å². The van der Waals surface area contributed by atoms with Crippen LogP contribution >= 0.6 is 0 Å². The molecule has 0 saturated carbocycles. The van der Waals surface area contributed by atoms with Crippen LogP contribution in [0.2, 0.25) is 18.1 Å². The zero-order valence-electron chi connectivity index (χ0n) is 9.15. The Hall–Kier alpha value is -0.0331. The Kier molecular flexibility index (Phi) is 5.12. The molecule has 1 heterocycles. The van der Waals surface area contributed by atoms with Crippen LogP contribution in [0.3, 0.4) is 0 Å². The molecule has 0 spiro atoms. The Morgan fingerprint density at radius 1 is 1.27 bits per heavy atom. The van der Waals surface area contributed by atoms with Crippen LogP contribution < -0.4 is 0 Å². The molecular formula is C10H19F3OSi. The summed E-state index contributed by atoms with van der Waals surface area (Å²) in [6.45, 7) is 2.64. The van der Waals surface area contributed by atoms with E-state index in [2.05, 4.69) is 0 Å². The Labute approximate surface area is 90.1 Å². The molecule has 0 radical (unpaired) electrons. The fourth-order valence-corrected chi connectivity index (χ4v) is 6.61. The van der Waals surface area contributed by atoms with Gasteiger partial charge < -0.3 is 4.43 Å². The summed E-state index contributed by atoms with van der Waals surface area (Å²) in [6.07, 6.45) is -1.92. The van der Waals surface area contributed by atoms with Crippen molar-refractivity contribution in [2.45, 2.75) is 56.9 Å². The van der Waals surface area contributed by atoms with E-state index in [4.69, 9.17) is 4.43 Å². The SMILES string of the molecule is CCC[Si]1(CC(F)C(F)F)CCCCO1. The highest BCUT2D eigenvalue weighted by molar-refractivity contribution is 6.74. The van der Waals surface area contributed by atoms with E-state index >= 15 is 0 Å². The van der Waals surface area contributed by atoms with E-state index in [1.54, 1.807) is 0 Å². The minimum absolute atomic E-state index is 0.0154. The fourth-order valence-electron chi connectivity index (χ4n) is 2.27. The van der Waals surface area contributed by atoms with E-state index in [9.17, 15) is 13.2 Å².